The van der Waals surface area contributed by atoms with Gasteiger partial charge >= 0.3 is 0 Å². The quantitative estimate of drug-likeness (QED) is 0.747. The number of nitrogens with one attached hydrogen (secondary N) is 1. The minimum Gasteiger partial charge on any atom is -0.361 e. The fraction of sp³-hybridized carbons (Fsp3) is 0.368. The normalized spacial score (nSPS) is 15.7. The molecule has 0 bridgehead atoms. The van der Waals surface area contributed by atoms with Crippen LogP contribution >= 0.6 is 11.3 Å². The summed E-state index contributed by atoms with van der Waals surface area (Å²) in [7, 11) is 0. The molecule has 24 heavy (non-hydrogen) atoms. The van der Waals surface area contributed by atoms with Crippen molar-refractivity contribution in [2.45, 2.75) is 26.3 Å². The Balaban J connectivity index is 1.31. The van der Waals surface area contributed by atoms with Crippen LogP contribution in [0.25, 0.3) is 10.9 Å². The Morgan fingerprint density at radius 3 is 3.08 bits per heavy atom. The number of ketones is 1. The van der Waals surface area contributed by atoms with Crippen LogP contribution in [0.2, 0.25) is 0 Å². The number of H-pyrrole nitrogens is 1. The van der Waals surface area contributed by atoms with Crippen LogP contribution in [-0.2, 0) is 17.8 Å². The van der Waals surface area contributed by atoms with Gasteiger partial charge in [-0.15, -0.1) is 11.3 Å². The second-order valence-electron chi connectivity index (χ2n) is 6.69. The van der Waals surface area contributed by atoms with Crippen LogP contribution in [0, 0.1) is 12.8 Å². The number of rotatable bonds is 6. The molecule has 0 radical (unpaired) electrons. The predicted octanol–water partition coefficient (Wildman–Crippen LogP) is 3.57. The molecular formula is C19H21N3OS. The van der Waals surface area contributed by atoms with Crippen LogP contribution in [0.4, 0.5) is 0 Å². The number of carbonyl (C=O) groups is 1. The van der Waals surface area contributed by atoms with E-state index >= 15 is 0 Å². The van der Waals surface area contributed by atoms with Gasteiger partial charge in [-0.2, -0.15) is 0 Å². The zero-order valence-electron chi connectivity index (χ0n) is 13.8. The molecular weight excluding hydrogens is 318 g/mol. The molecule has 1 aliphatic rings. The average Bonchev–Trinajstić information content (AvgIpc) is 3.18. The van der Waals surface area contributed by atoms with Crippen LogP contribution in [0.15, 0.2) is 36.1 Å². The number of aromatic nitrogens is 2. The summed E-state index contributed by atoms with van der Waals surface area (Å²) in [6.45, 7) is 4.82. The maximum Gasteiger partial charge on any atom is 0.138 e. The van der Waals surface area contributed by atoms with Gasteiger partial charge in [-0.05, 0) is 31.0 Å². The molecule has 0 aliphatic carbocycles. The summed E-state index contributed by atoms with van der Waals surface area (Å²) < 4.78 is 0. The van der Waals surface area contributed by atoms with Gasteiger partial charge in [-0.3, -0.25) is 14.7 Å². The molecule has 0 saturated carbocycles. The van der Waals surface area contributed by atoms with Crippen molar-refractivity contribution in [3.05, 3.63) is 52.1 Å². The summed E-state index contributed by atoms with van der Waals surface area (Å²) in [5.41, 5.74) is 5.62. The molecule has 1 fully saturated rings. The SMILES string of the molecule is Cc1ccc2[nH]cc(CN3CC(C(=O)CCc4cncs4)C3)c2c1. The highest BCUT2D eigenvalue weighted by atomic mass is 32.1. The minimum atomic E-state index is 0.213. The van der Waals surface area contributed by atoms with E-state index < -0.39 is 0 Å². The Labute approximate surface area is 145 Å². The molecule has 0 amide bonds. The van der Waals surface area contributed by atoms with E-state index in [0.717, 1.165) is 26.1 Å². The van der Waals surface area contributed by atoms with Gasteiger partial charge < -0.3 is 4.98 Å². The van der Waals surface area contributed by atoms with E-state index in [9.17, 15) is 4.79 Å². The largest absolute Gasteiger partial charge is 0.361 e. The molecule has 4 rings (SSSR count). The molecule has 1 aromatic carbocycles. The maximum absolute atomic E-state index is 12.3. The van der Waals surface area contributed by atoms with Gasteiger partial charge in [-0.1, -0.05) is 11.6 Å². The molecule has 0 spiro atoms. The van der Waals surface area contributed by atoms with Crippen LogP contribution in [-0.4, -0.2) is 33.7 Å². The Morgan fingerprint density at radius 2 is 2.29 bits per heavy atom. The van der Waals surface area contributed by atoms with E-state index in [0.29, 0.717) is 12.2 Å². The molecule has 4 nitrogen and oxygen atoms in total. The van der Waals surface area contributed by atoms with Crippen molar-refractivity contribution in [3.8, 4) is 0 Å². The molecule has 5 heteroatoms. The number of aryl methyl sites for hydroxylation is 2. The maximum atomic E-state index is 12.3. The number of Topliss-reactive ketones (excluding diaryl/α,β-unsaturated/α-hetero) is 1. The minimum absolute atomic E-state index is 0.213. The molecule has 124 valence electrons. The monoisotopic (exact) mass is 339 g/mol. The van der Waals surface area contributed by atoms with Crippen molar-refractivity contribution in [3.63, 3.8) is 0 Å². The second kappa shape index (κ2) is 6.49. The topological polar surface area (TPSA) is 49.0 Å². The third-order valence-corrected chi connectivity index (χ3v) is 5.67. The number of thiazole rings is 1. The van der Waals surface area contributed by atoms with Crippen LogP contribution in [0.1, 0.15) is 22.4 Å². The molecule has 1 saturated heterocycles. The Hall–Kier alpha value is -1.98. The van der Waals surface area contributed by atoms with Gasteiger partial charge in [0, 0.05) is 60.1 Å². The zero-order valence-corrected chi connectivity index (χ0v) is 14.6. The lowest BCUT2D eigenvalue weighted by molar-refractivity contribution is -0.128. The van der Waals surface area contributed by atoms with Gasteiger partial charge in [-0.25, -0.2) is 0 Å². The van der Waals surface area contributed by atoms with E-state index in [-0.39, 0.29) is 5.92 Å². The molecule has 1 aliphatic heterocycles. The molecule has 0 unspecified atom stereocenters. The third kappa shape index (κ3) is 3.14. The first-order valence-electron chi connectivity index (χ1n) is 8.38. The molecule has 0 atom stereocenters. The van der Waals surface area contributed by atoms with Gasteiger partial charge in [0.1, 0.15) is 5.78 Å². The number of nitrogens with zero attached hydrogens (tertiary/aromatic N) is 2. The number of benzene rings is 1. The second-order valence-corrected chi connectivity index (χ2v) is 7.66. The Kier molecular flexibility index (Phi) is 4.21. The van der Waals surface area contributed by atoms with E-state index in [1.54, 1.807) is 11.3 Å². The highest BCUT2D eigenvalue weighted by Crippen LogP contribution is 2.26. The highest BCUT2D eigenvalue weighted by molar-refractivity contribution is 7.09. The number of hydrogen-bond acceptors (Lipinski definition) is 4. The molecule has 2 aromatic heterocycles. The Bertz CT molecular complexity index is 847. The predicted molar refractivity (Wildman–Crippen MR) is 97.2 cm³/mol. The highest BCUT2D eigenvalue weighted by Gasteiger charge is 2.32. The number of likely N-dealkylation sites (tertiary alicyclic amines) is 1. The smallest absolute Gasteiger partial charge is 0.138 e. The molecule has 1 N–H and O–H groups in total. The molecule has 3 aromatic rings. The van der Waals surface area contributed by atoms with Gasteiger partial charge in [0.05, 0.1) is 5.51 Å². The van der Waals surface area contributed by atoms with Gasteiger partial charge in [0.15, 0.2) is 0 Å². The summed E-state index contributed by atoms with van der Waals surface area (Å²) >= 11 is 1.63. The van der Waals surface area contributed by atoms with E-state index in [2.05, 4.69) is 46.2 Å². The van der Waals surface area contributed by atoms with Crippen molar-refractivity contribution in [1.82, 2.24) is 14.9 Å². The summed E-state index contributed by atoms with van der Waals surface area (Å²) in [5.74, 6) is 0.610. The fourth-order valence-electron chi connectivity index (χ4n) is 3.38. The molecule has 3 heterocycles. The third-order valence-electron chi connectivity index (χ3n) is 4.83. The lowest BCUT2D eigenvalue weighted by Gasteiger charge is -2.38. The Morgan fingerprint density at radius 1 is 1.42 bits per heavy atom. The van der Waals surface area contributed by atoms with Crippen molar-refractivity contribution >= 4 is 28.0 Å². The van der Waals surface area contributed by atoms with Crippen molar-refractivity contribution in [1.29, 1.82) is 0 Å². The van der Waals surface area contributed by atoms with Crippen molar-refractivity contribution in [2.75, 3.05) is 13.1 Å². The lowest BCUT2D eigenvalue weighted by Crippen LogP contribution is -2.49. The van der Waals surface area contributed by atoms with Crippen LogP contribution in [0.3, 0.4) is 0 Å². The zero-order chi connectivity index (χ0) is 16.5. The standard InChI is InChI=1S/C19H21N3OS/c1-13-2-4-18-17(6-13)14(7-21-18)9-22-10-15(11-22)19(23)5-3-16-8-20-12-24-16/h2,4,6-8,12,15,21H,3,5,9-11H2,1H3. The summed E-state index contributed by atoms with van der Waals surface area (Å²) in [6.07, 6.45) is 5.45. The van der Waals surface area contributed by atoms with Gasteiger partial charge in [0.2, 0.25) is 0 Å². The fourth-order valence-corrected chi connectivity index (χ4v) is 3.98. The lowest BCUT2D eigenvalue weighted by atomic mass is 9.92. The van der Waals surface area contributed by atoms with Crippen molar-refractivity contribution < 1.29 is 4.79 Å². The van der Waals surface area contributed by atoms with E-state index in [1.165, 1.54) is 26.9 Å². The average molecular weight is 339 g/mol. The van der Waals surface area contributed by atoms with E-state index in [1.807, 2.05) is 11.7 Å². The summed E-state index contributed by atoms with van der Waals surface area (Å²) in [5, 5.41) is 1.30. The first-order valence-corrected chi connectivity index (χ1v) is 9.26. The number of fused-ring (bicyclic) bond motifs is 1. The number of hydrogen-bond donors (Lipinski definition) is 1. The van der Waals surface area contributed by atoms with Gasteiger partial charge in [0.25, 0.3) is 0 Å². The first kappa shape index (κ1) is 15.5. The van der Waals surface area contributed by atoms with Crippen LogP contribution < -0.4 is 0 Å². The summed E-state index contributed by atoms with van der Waals surface area (Å²) in [4.78, 5) is 23.2. The first-order chi connectivity index (χ1) is 11.7. The summed E-state index contributed by atoms with van der Waals surface area (Å²) in [6, 6.07) is 6.50. The number of carbonyl (C=O) groups excluding carboxylic acids is 1. The van der Waals surface area contributed by atoms with E-state index in [4.69, 9.17) is 0 Å². The number of aromatic amines is 1. The van der Waals surface area contributed by atoms with Crippen LogP contribution in [0.5, 0.6) is 0 Å². The van der Waals surface area contributed by atoms with Crippen molar-refractivity contribution in [2.24, 2.45) is 5.92 Å².